The van der Waals surface area contributed by atoms with Gasteiger partial charge in [-0.25, -0.2) is 4.98 Å². The fourth-order valence-electron chi connectivity index (χ4n) is 1.50. The van der Waals surface area contributed by atoms with Gasteiger partial charge in [0.2, 0.25) is 0 Å². The number of anilines is 2. The van der Waals surface area contributed by atoms with Gasteiger partial charge in [0.05, 0.1) is 7.11 Å². The molecule has 0 atom stereocenters. The number of hydrogen-bond donors (Lipinski definition) is 2. The lowest BCUT2D eigenvalue weighted by Crippen LogP contribution is -2.09. The van der Waals surface area contributed by atoms with Crippen molar-refractivity contribution in [3.63, 3.8) is 0 Å². The molecule has 0 spiro atoms. The molecular formula is C13H13N3OS. The highest BCUT2D eigenvalue weighted by atomic mass is 32.1. The number of thiocarbonyl (C=S) groups is 1. The summed E-state index contributed by atoms with van der Waals surface area (Å²) in [6.45, 7) is 0. The van der Waals surface area contributed by atoms with Crippen molar-refractivity contribution in [3.8, 4) is 5.75 Å². The van der Waals surface area contributed by atoms with Crippen molar-refractivity contribution >= 4 is 28.7 Å². The maximum atomic E-state index is 5.58. The van der Waals surface area contributed by atoms with E-state index in [1.807, 2.05) is 30.3 Å². The van der Waals surface area contributed by atoms with Crippen molar-refractivity contribution in [2.45, 2.75) is 0 Å². The number of aromatic nitrogens is 1. The third kappa shape index (κ3) is 2.95. The van der Waals surface area contributed by atoms with E-state index in [4.69, 9.17) is 22.7 Å². The van der Waals surface area contributed by atoms with Crippen LogP contribution in [0.4, 0.5) is 11.5 Å². The van der Waals surface area contributed by atoms with Gasteiger partial charge in [-0.1, -0.05) is 18.3 Å². The number of hydrogen-bond acceptors (Lipinski definition) is 4. The van der Waals surface area contributed by atoms with Crippen LogP contribution in [0.5, 0.6) is 5.75 Å². The number of benzene rings is 1. The van der Waals surface area contributed by atoms with Gasteiger partial charge in [0.15, 0.2) is 0 Å². The van der Waals surface area contributed by atoms with Gasteiger partial charge in [-0.05, 0) is 24.3 Å². The number of rotatable bonds is 4. The predicted molar refractivity (Wildman–Crippen MR) is 76.4 cm³/mol. The first-order valence-electron chi connectivity index (χ1n) is 5.36. The first kappa shape index (κ1) is 12.3. The van der Waals surface area contributed by atoms with Crippen LogP contribution in [0.2, 0.25) is 0 Å². The van der Waals surface area contributed by atoms with Crippen LogP contribution in [0.15, 0.2) is 42.6 Å². The van der Waals surface area contributed by atoms with Crippen molar-refractivity contribution in [2.75, 3.05) is 12.4 Å². The number of methoxy groups -OCH3 is 1. The van der Waals surface area contributed by atoms with Crippen LogP contribution in [0.1, 0.15) is 5.56 Å². The van der Waals surface area contributed by atoms with E-state index in [1.54, 1.807) is 19.4 Å². The summed E-state index contributed by atoms with van der Waals surface area (Å²) >= 11 is 4.93. The van der Waals surface area contributed by atoms with Gasteiger partial charge in [-0.3, -0.25) is 0 Å². The van der Waals surface area contributed by atoms with E-state index in [2.05, 4.69) is 10.3 Å². The zero-order valence-corrected chi connectivity index (χ0v) is 10.7. The largest absolute Gasteiger partial charge is 0.497 e. The fraction of sp³-hybridized carbons (Fsp3) is 0.0769. The second kappa shape index (κ2) is 5.46. The average molecular weight is 259 g/mol. The highest BCUT2D eigenvalue weighted by Gasteiger charge is 2.01. The van der Waals surface area contributed by atoms with E-state index in [-0.39, 0.29) is 0 Å². The summed E-state index contributed by atoms with van der Waals surface area (Å²) in [5.41, 5.74) is 7.25. The molecule has 0 saturated heterocycles. The molecule has 1 aromatic carbocycles. The Morgan fingerprint density at radius 3 is 2.89 bits per heavy atom. The summed E-state index contributed by atoms with van der Waals surface area (Å²) in [4.78, 5) is 4.56. The Hall–Kier alpha value is -2.14. The SMILES string of the molecule is COc1cccc(Nc2cc(C(N)=S)ccn2)c1. The number of nitrogens with zero attached hydrogens (tertiary/aromatic N) is 1. The number of nitrogens with two attached hydrogens (primary N) is 1. The zero-order chi connectivity index (χ0) is 13.0. The topological polar surface area (TPSA) is 60.2 Å². The van der Waals surface area contributed by atoms with Crippen LogP contribution in [0, 0.1) is 0 Å². The molecule has 0 radical (unpaired) electrons. The molecule has 3 N–H and O–H groups in total. The van der Waals surface area contributed by atoms with E-state index < -0.39 is 0 Å². The molecule has 5 heteroatoms. The summed E-state index contributed by atoms with van der Waals surface area (Å²) in [6.07, 6.45) is 1.66. The van der Waals surface area contributed by atoms with Crippen LogP contribution in [0.25, 0.3) is 0 Å². The van der Waals surface area contributed by atoms with Crippen molar-refractivity contribution in [1.82, 2.24) is 4.98 Å². The Labute approximate surface area is 111 Å². The normalized spacial score (nSPS) is 9.83. The molecule has 0 fully saturated rings. The van der Waals surface area contributed by atoms with Crippen molar-refractivity contribution in [3.05, 3.63) is 48.2 Å². The molecule has 4 nitrogen and oxygen atoms in total. The molecule has 2 rings (SSSR count). The van der Waals surface area contributed by atoms with E-state index in [9.17, 15) is 0 Å². The van der Waals surface area contributed by atoms with Crippen LogP contribution >= 0.6 is 12.2 Å². The van der Waals surface area contributed by atoms with Crippen LogP contribution in [0.3, 0.4) is 0 Å². The summed E-state index contributed by atoms with van der Waals surface area (Å²) in [6, 6.07) is 11.2. The van der Waals surface area contributed by atoms with Gasteiger partial charge in [0.1, 0.15) is 16.6 Å². The molecule has 18 heavy (non-hydrogen) atoms. The fourth-order valence-corrected chi connectivity index (χ4v) is 1.63. The van der Waals surface area contributed by atoms with Gasteiger partial charge in [-0.2, -0.15) is 0 Å². The van der Waals surface area contributed by atoms with Crippen LogP contribution < -0.4 is 15.8 Å². The minimum absolute atomic E-state index is 0.353. The van der Waals surface area contributed by atoms with Gasteiger partial charge in [-0.15, -0.1) is 0 Å². The summed E-state index contributed by atoms with van der Waals surface area (Å²) < 4.78 is 5.15. The third-order valence-corrected chi connectivity index (χ3v) is 2.62. The summed E-state index contributed by atoms with van der Waals surface area (Å²) in [5.74, 6) is 1.47. The molecule has 0 aliphatic heterocycles. The van der Waals surface area contributed by atoms with Crippen LogP contribution in [-0.2, 0) is 0 Å². The Morgan fingerprint density at radius 1 is 1.33 bits per heavy atom. The lowest BCUT2D eigenvalue weighted by Gasteiger charge is -2.08. The first-order chi connectivity index (χ1) is 8.69. The predicted octanol–water partition coefficient (Wildman–Crippen LogP) is 2.47. The molecule has 0 aliphatic rings. The quantitative estimate of drug-likeness (QED) is 0.826. The van der Waals surface area contributed by atoms with Gasteiger partial charge >= 0.3 is 0 Å². The molecular weight excluding hydrogens is 246 g/mol. The monoisotopic (exact) mass is 259 g/mol. The second-order valence-corrected chi connectivity index (χ2v) is 4.09. The summed E-state index contributed by atoms with van der Waals surface area (Å²) in [7, 11) is 1.63. The molecule has 0 bridgehead atoms. The highest BCUT2D eigenvalue weighted by molar-refractivity contribution is 7.80. The van der Waals surface area contributed by atoms with Gasteiger partial charge in [0.25, 0.3) is 0 Å². The maximum absolute atomic E-state index is 5.58. The molecule has 2 aromatic rings. The number of nitrogens with one attached hydrogen (secondary N) is 1. The zero-order valence-electron chi connectivity index (χ0n) is 9.88. The second-order valence-electron chi connectivity index (χ2n) is 3.65. The Kier molecular flexibility index (Phi) is 3.74. The smallest absolute Gasteiger partial charge is 0.130 e. The number of pyridine rings is 1. The van der Waals surface area contributed by atoms with E-state index in [0.29, 0.717) is 10.8 Å². The number of ether oxygens (including phenoxy) is 1. The Morgan fingerprint density at radius 2 is 2.17 bits per heavy atom. The molecule has 0 unspecified atom stereocenters. The van der Waals surface area contributed by atoms with Gasteiger partial charge in [0, 0.05) is 23.5 Å². The average Bonchev–Trinajstić information content (AvgIpc) is 2.39. The summed E-state index contributed by atoms with van der Waals surface area (Å²) in [5, 5.41) is 3.17. The van der Waals surface area contributed by atoms with E-state index in [0.717, 1.165) is 17.0 Å². The molecule has 0 saturated carbocycles. The van der Waals surface area contributed by atoms with E-state index in [1.165, 1.54) is 0 Å². The molecule has 1 heterocycles. The lowest BCUT2D eigenvalue weighted by molar-refractivity contribution is 0.415. The Balaban J connectivity index is 2.22. The maximum Gasteiger partial charge on any atom is 0.130 e. The molecule has 1 aromatic heterocycles. The van der Waals surface area contributed by atoms with Crippen LogP contribution in [-0.4, -0.2) is 17.1 Å². The van der Waals surface area contributed by atoms with E-state index >= 15 is 0 Å². The minimum atomic E-state index is 0.353. The van der Waals surface area contributed by atoms with Crippen molar-refractivity contribution in [1.29, 1.82) is 0 Å². The van der Waals surface area contributed by atoms with Crippen molar-refractivity contribution < 1.29 is 4.74 Å². The highest BCUT2D eigenvalue weighted by Crippen LogP contribution is 2.20. The minimum Gasteiger partial charge on any atom is -0.497 e. The standard InChI is InChI=1S/C13H13N3OS/c1-17-11-4-2-3-10(8-11)16-12-7-9(13(14)18)5-6-15-12/h2-8H,1H3,(H2,14,18)(H,15,16). The van der Waals surface area contributed by atoms with Crippen molar-refractivity contribution in [2.24, 2.45) is 5.73 Å². The molecule has 0 amide bonds. The van der Waals surface area contributed by atoms with Gasteiger partial charge < -0.3 is 15.8 Å². The molecule has 92 valence electrons. The lowest BCUT2D eigenvalue weighted by atomic mass is 10.2. The Bertz CT molecular complexity index is 572. The third-order valence-electron chi connectivity index (χ3n) is 2.39. The first-order valence-corrected chi connectivity index (χ1v) is 5.77. The molecule has 0 aliphatic carbocycles.